The Bertz CT molecular complexity index is 725. The number of hydrogen-bond acceptors (Lipinski definition) is 3. The van der Waals surface area contributed by atoms with Crippen molar-refractivity contribution in [2.45, 2.75) is 44.9 Å². The van der Waals surface area contributed by atoms with E-state index in [0.29, 0.717) is 11.4 Å². The van der Waals surface area contributed by atoms with Gasteiger partial charge in [-0.1, -0.05) is 12.1 Å². The van der Waals surface area contributed by atoms with Crippen molar-refractivity contribution in [3.05, 3.63) is 47.9 Å². The predicted molar refractivity (Wildman–Crippen MR) is 92.7 cm³/mol. The van der Waals surface area contributed by atoms with E-state index in [1.165, 1.54) is 24.3 Å². The van der Waals surface area contributed by atoms with Gasteiger partial charge in [-0.2, -0.15) is 5.10 Å². The first kappa shape index (κ1) is 17.4. The molecule has 7 heteroatoms. The highest BCUT2D eigenvalue weighted by atomic mass is 19.1. The molecule has 1 atom stereocenters. The Morgan fingerprint density at radius 2 is 2.04 bits per heavy atom. The molecule has 1 aromatic heterocycles. The molecule has 1 unspecified atom stereocenters. The topological polar surface area (TPSA) is 70.4 Å². The Hall–Kier alpha value is -2.41. The first-order valence-electron chi connectivity index (χ1n) is 8.50. The lowest BCUT2D eigenvalue weighted by atomic mass is 10.1. The van der Waals surface area contributed by atoms with Crippen molar-refractivity contribution in [3.8, 4) is 0 Å². The van der Waals surface area contributed by atoms with E-state index in [9.17, 15) is 14.3 Å². The van der Waals surface area contributed by atoms with Gasteiger partial charge in [0.1, 0.15) is 11.6 Å². The average molecular weight is 346 g/mol. The summed E-state index contributed by atoms with van der Waals surface area (Å²) in [6.45, 7) is 4.14. The molecule has 1 heterocycles. The van der Waals surface area contributed by atoms with Gasteiger partial charge in [0.15, 0.2) is 0 Å². The standard InChI is InChI=1S/C18H23FN4O2/c1-12(2)23-17(9-10-20-23)21-18(25)22(15-7-8-15)11-16(24)13-3-5-14(19)6-4-13/h3-6,9-10,12,15-16,24H,7-8,11H2,1-2H3,(H,21,25). The van der Waals surface area contributed by atoms with Crippen LogP contribution in [-0.2, 0) is 0 Å². The van der Waals surface area contributed by atoms with Crippen LogP contribution in [-0.4, -0.2) is 38.4 Å². The Labute approximate surface area is 146 Å². The second kappa shape index (κ2) is 7.23. The molecule has 0 aliphatic heterocycles. The van der Waals surface area contributed by atoms with Crippen LogP contribution in [0, 0.1) is 5.82 Å². The van der Waals surface area contributed by atoms with E-state index in [2.05, 4.69) is 10.4 Å². The van der Waals surface area contributed by atoms with Crippen molar-refractivity contribution >= 4 is 11.8 Å². The van der Waals surface area contributed by atoms with Crippen LogP contribution >= 0.6 is 0 Å². The number of rotatable bonds is 6. The third kappa shape index (κ3) is 4.17. The van der Waals surface area contributed by atoms with E-state index in [1.54, 1.807) is 21.8 Å². The molecule has 6 nitrogen and oxygen atoms in total. The maximum atomic E-state index is 13.0. The van der Waals surface area contributed by atoms with Gasteiger partial charge >= 0.3 is 6.03 Å². The maximum Gasteiger partial charge on any atom is 0.323 e. The number of amides is 2. The Kier molecular flexibility index (Phi) is 5.03. The Morgan fingerprint density at radius 3 is 2.64 bits per heavy atom. The van der Waals surface area contributed by atoms with E-state index >= 15 is 0 Å². The summed E-state index contributed by atoms with van der Waals surface area (Å²) in [5.74, 6) is 0.275. The lowest BCUT2D eigenvalue weighted by molar-refractivity contribution is 0.123. The van der Waals surface area contributed by atoms with Crippen molar-refractivity contribution in [1.82, 2.24) is 14.7 Å². The Balaban J connectivity index is 1.69. The summed E-state index contributed by atoms with van der Waals surface area (Å²) >= 11 is 0. The summed E-state index contributed by atoms with van der Waals surface area (Å²) in [5.41, 5.74) is 0.590. The molecule has 2 amide bonds. The molecule has 1 saturated carbocycles. The molecule has 25 heavy (non-hydrogen) atoms. The zero-order chi connectivity index (χ0) is 18.0. The molecular formula is C18H23FN4O2. The fourth-order valence-electron chi connectivity index (χ4n) is 2.77. The van der Waals surface area contributed by atoms with E-state index in [0.717, 1.165) is 12.8 Å². The van der Waals surface area contributed by atoms with Gasteiger partial charge in [-0.25, -0.2) is 13.9 Å². The van der Waals surface area contributed by atoms with Crippen molar-refractivity contribution in [2.24, 2.45) is 0 Å². The SMILES string of the molecule is CC(C)n1nccc1NC(=O)N(CC(O)c1ccc(F)cc1)C1CC1. The molecule has 2 N–H and O–H groups in total. The first-order valence-corrected chi connectivity index (χ1v) is 8.50. The van der Waals surface area contributed by atoms with E-state index in [4.69, 9.17) is 0 Å². The molecule has 1 aliphatic rings. The molecule has 1 aromatic carbocycles. The van der Waals surface area contributed by atoms with Gasteiger partial charge in [0.25, 0.3) is 0 Å². The van der Waals surface area contributed by atoms with Gasteiger partial charge in [-0.3, -0.25) is 5.32 Å². The molecule has 0 saturated heterocycles. The van der Waals surface area contributed by atoms with Crippen LogP contribution in [0.15, 0.2) is 36.5 Å². The molecule has 0 radical (unpaired) electrons. The number of aliphatic hydroxyl groups excluding tert-OH is 1. The third-order valence-electron chi connectivity index (χ3n) is 4.27. The number of anilines is 1. The van der Waals surface area contributed by atoms with Crippen LogP contribution in [0.5, 0.6) is 0 Å². The summed E-state index contributed by atoms with van der Waals surface area (Å²) in [6, 6.07) is 7.44. The number of nitrogens with zero attached hydrogens (tertiary/aromatic N) is 3. The van der Waals surface area contributed by atoms with Gasteiger partial charge in [0, 0.05) is 18.2 Å². The van der Waals surface area contributed by atoms with Crippen LogP contribution < -0.4 is 5.32 Å². The van der Waals surface area contributed by atoms with E-state index in [-0.39, 0.29) is 30.5 Å². The number of benzene rings is 1. The average Bonchev–Trinajstić information content (AvgIpc) is 3.31. The molecule has 1 aliphatic carbocycles. The molecule has 3 rings (SSSR count). The highest BCUT2D eigenvalue weighted by Gasteiger charge is 2.34. The van der Waals surface area contributed by atoms with Crippen LogP contribution in [0.4, 0.5) is 15.0 Å². The van der Waals surface area contributed by atoms with Crippen molar-refractivity contribution in [3.63, 3.8) is 0 Å². The van der Waals surface area contributed by atoms with Crippen molar-refractivity contribution in [1.29, 1.82) is 0 Å². The fourth-order valence-corrected chi connectivity index (χ4v) is 2.77. The quantitative estimate of drug-likeness (QED) is 0.843. The first-order chi connectivity index (χ1) is 12.0. The molecular weight excluding hydrogens is 323 g/mol. The largest absolute Gasteiger partial charge is 0.387 e. The van der Waals surface area contributed by atoms with E-state index in [1.807, 2.05) is 13.8 Å². The van der Waals surface area contributed by atoms with Gasteiger partial charge in [0.05, 0.1) is 18.8 Å². The van der Waals surface area contributed by atoms with Crippen LogP contribution in [0.2, 0.25) is 0 Å². The zero-order valence-corrected chi connectivity index (χ0v) is 14.4. The van der Waals surface area contributed by atoms with Crippen LogP contribution in [0.3, 0.4) is 0 Å². The molecule has 1 fully saturated rings. The lowest BCUT2D eigenvalue weighted by Gasteiger charge is -2.26. The summed E-state index contributed by atoms with van der Waals surface area (Å²) in [5, 5.41) is 17.5. The normalized spacial score (nSPS) is 15.2. The smallest absolute Gasteiger partial charge is 0.323 e. The van der Waals surface area contributed by atoms with Crippen molar-refractivity contribution in [2.75, 3.05) is 11.9 Å². The van der Waals surface area contributed by atoms with Gasteiger partial charge in [-0.05, 0) is 44.4 Å². The highest BCUT2D eigenvalue weighted by Crippen LogP contribution is 2.30. The minimum absolute atomic E-state index is 0.129. The molecule has 134 valence electrons. The number of aliphatic hydroxyl groups is 1. The van der Waals surface area contributed by atoms with Gasteiger partial charge < -0.3 is 10.0 Å². The number of carbonyl (C=O) groups is 1. The van der Waals surface area contributed by atoms with E-state index < -0.39 is 6.10 Å². The summed E-state index contributed by atoms with van der Waals surface area (Å²) in [7, 11) is 0. The second-order valence-electron chi connectivity index (χ2n) is 6.64. The number of urea groups is 1. The summed E-state index contributed by atoms with van der Waals surface area (Å²) < 4.78 is 14.8. The van der Waals surface area contributed by atoms with Crippen LogP contribution in [0.1, 0.15) is 44.4 Å². The predicted octanol–water partition coefficient (Wildman–Crippen LogP) is 3.33. The van der Waals surface area contributed by atoms with Crippen molar-refractivity contribution < 1.29 is 14.3 Å². The van der Waals surface area contributed by atoms with Gasteiger partial charge in [0.2, 0.25) is 0 Å². The lowest BCUT2D eigenvalue weighted by Crippen LogP contribution is -2.40. The monoisotopic (exact) mass is 346 g/mol. The Morgan fingerprint density at radius 1 is 1.36 bits per heavy atom. The summed E-state index contributed by atoms with van der Waals surface area (Å²) in [4.78, 5) is 14.3. The fraction of sp³-hybridized carbons (Fsp3) is 0.444. The minimum Gasteiger partial charge on any atom is -0.387 e. The number of hydrogen-bond donors (Lipinski definition) is 2. The summed E-state index contributed by atoms with van der Waals surface area (Å²) in [6.07, 6.45) is 2.63. The zero-order valence-electron chi connectivity index (χ0n) is 14.4. The minimum atomic E-state index is -0.859. The molecule has 2 aromatic rings. The highest BCUT2D eigenvalue weighted by molar-refractivity contribution is 5.88. The third-order valence-corrected chi connectivity index (χ3v) is 4.27. The number of aromatic nitrogens is 2. The second-order valence-corrected chi connectivity index (χ2v) is 6.64. The maximum absolute atomic E-state index is 13.0. The van der Waals surface area contributed by atoms with Crippen LogP contribution in [0.25, 0.3) is 0 Å². The van der Waals surface area contributed by atoms with Gasteiger partial charge in [-0.15, -0.1) is 0 Å². The molecule has 0 spiro atoms. The number of nitrogens with one attached hydrogen (secondary N) is 1. The number of halogens is 1. The molecule has 0 bridgehead atoms. The number of carbonyl (C=O) groups excluding carboxylic acids is 1.